The van der Waals surface area contributed by atoms with Gasteiger partial charge in [0.15, 0.2) is 0 Å². The van der Waals surface area contributed by atoms with E-state index in [0.29, 0.717) is 0 Å². The lowest BCUT2D eigenvalue weighted by molar-refractivity contribution is -0.138. The Morgan fingerprint density at radius 3 is 1.19 bits per heavy atom. The molecule has 0 saturated heterocycles. The molecule has 0 unspecified atom stereocenters. The Balaban J connectivity index is 2.45. The van der Waals surface area contributed by atoms with Crippen LogP contribution in [-0.2, 0) is 9.59 Å². The Morgan fingerprint density at radius 1 is 0.750 bits per heavy atom. The molecule has 2 amide bonds. The van der Waals surface area contributed by atoms with Crippen molar-refractivity contribution in [1.82, 2.24) is 9.80 Å². The molecule has 1 rings (SSSR count). The minimum absolute atomic E-state index is 0.126. The van der Waals surface area contributed by atoms with Crippen LogP contribution < -0.4 is 0 Å². The zero-order valence-electron chi connectivity index (χ0n) is 10.7. The van der Waals surface area contributed by atoms with Crippen LogP contribution in [-0.4, -0.2) is 49.8 Å². The highest BCUT2D eigenvalue weighted by Crippen LogP contribution is 2.30. The average Bonchev–Trinajstić information content (AvgIpc) is 2.27. The number of nitrogens with zero attached hydrogens (tertiary/aromatic N) is 2. The van der Waals surface area contributed by atoms with Crippen molar-refractivity contribution in [2.75, 3.05) is 28.2 Å². The first-order valence-electron chi connectivity index (χ1n) is 5.85. The molecule has 0 aromatic carbocycles. The van der Waals surface area contributed by atoms with E-state index in [0.717, 1.165) is 25.7 Å². The Bertz CT molecular complexity index is 238. The van der Waals surface area contributed by atoms with E-state index in [1.165, 1.54) is 0 Å². The highest BCUT2D eigenvalue weighted by Gasteiger charge is 2.31. The molecule has 0 spiro atoms. The lowest BCUT2D eigenvalue weighted by atomic mass is 9.81. The van der Waals surface area contributed by atoms with Crippen molar-refractivity contribution in [3.8, 4) is 0 Å². The second-order valence-corrected chi connectivity index (χ2v) is 5.01. The predicted molar refractivity (Wildman–Crippen MR) is 62.8 cm³/mol. The highest BCUT2D eigenvalue weighted by atomic mass is 16.2. The fourth-order valence-corrected chi connectivity index (χ4v) is 2.32. The van der Waals surface area contributed by atoms with Gasteiger partial charge in [-0.05, 0) is 25.7 Å². The van der Waals surface area contributed by atoms with Crippen molar-refractivity contribution < 1.29 is 9.59 Å². The summed E-state index contributed by atoms with van der Waals surface area (Å²) in [5.41, 5.74) is 0. The fourth-order valence-electron chi connectivity index (χ4n) is 2.32. The van der Waals surface area contributed by atoms with Crippen LogP contribution in [0.2, 0.25) is 0 Å². The van der Waals surface area contributed by atoms with E-state index >= 15 is 0 Å². The molecule has 1 fully saturated rings. The van der Waals surface area contributed by atoms with Gasteiger partial charge in [-0.1, -0.05) is 0 Å². The predicted octanol–water partition coefficient (Wildman–Crippen LogP) is 0.969. The van der Waals surface area contributed by atoms with Crippen molar-refractivity contribution in [3.63, 3.8) is 0 Å². The number of carbonyl (C=O) groups excluding carboxylic acids is 2. The molecule has 0 bridgehead atoms. The van der Waals surface area contributed by atoms with Crippen LogP contribution in [0.25, 0.3) is 0 Å². The zero-order chi connectivity index (χ0) is 12.3. The maximum atomic E-state index is 11.7. The summed E-state index contributed by atoms with van der Waals surface area (Å²) in [6, 6.07) is 0. The van der Waals surface area contributed by atoms with Gasteiger partial charge in [-0.2, -0.15) is 0 Å². The van der Waals surface area contributed by atoms with Gasteiger partial charge in [0, 0.05) is 40.0 Å². The minimum atomic E-state index is 0.126. The van der Waals surface area contributed by atoms with E-state index < -0.39 is 0 Å². The quantitative estimate of drug-likeness (QED) is 0.704. The number of rotatable bonds is 2. The largest absolute Gasteiger partial charge is 0.349 e. The summed E-state index contributed by atoms with van der Waals surface area (Å²) < 4.78 is 0. The third-order valence-corrected chi connectivity index (χ3v) is 3.31. The van der Waals surface area contributed by atoms with E-state index in [-0.39, 0.29) is 23.7 Å². The van der Waals surface area contributed by atoms with Gasteiger partial charge in [0.1, 0.15) is 0 Å². The minimum Gasteiger partial charge on any atom is -0.349 e. The molecule has 16 heavy (non-hydrogen) atoms. The maximum Gasteiger partial charge on any atom is 0.225 e. The van der Waals surface area contributed by atoms with Gasteiger partial charge in [0.05, 0.1) is 0 Å². The number of hydrogen-bond acceptors (Lipinski definition) is 2. The van der Waals surface area contributed by atoms with Gasteiger partial charge in [-0.15, -0.1) is 0 Å². The van der Waals surface area contributed by atoms with E-state index in [4.69, 9.17) is 0 Å². The second-order valence-electron chi connectivity index (χ2n) is 5.01. The maximum absolute atomic E-state index is 11.7. The topological polar surface area (TPSA) is 40.6 Å². The summed E-state index contributed by atoms with van der Waals surface area (Å²) in [7, 11) is 7.16. The summed E-state index contributed by atoms with van der Waals surface area (Å²) in [5, 5.41) is 0. The summed E-state index contributed by atoms with van der Waals surface area (Å²) in [5.74, 6) is 0.661. The van der Waals surface area contributed by atoms with Gasteiger partial charge in [-0.3, -0.25) is 9.59 Å². The third kappa shape index (κ3) is 2.97. The van der Waals surface area contributed by atoms with E-state index in [2.05, 4.69) is 0 Å². The van der Waals surface area contributed by atoms with E-state index in [1.807, 2.05) is 0 Å². The summed E-state index contributed by atoms with van der Waals surface area (Å²) >= 11 is 0. The zero-order valence-corrected chi connectivity index (χ0v) is 10.7. The molecule has 0 heterocycles. The van der Waals surface area contributed by atoms with Crippen LogP contribution in [0, 0.1) is 11.8 Å². The molecule has 1 saturated carbocycles. The van der Waals surface area contributed by atoms with Crippen LogP contribution in [0.3, 0.4) is 0 Å². The second kappa shape index (κ2) is 5.32. The molecular weight excluding hydrogens is 204 g/mol. The van der Waals surface area contributed by atoms with Crippen LogP contribution in [0.5, 0.6) is 0 Å². The molecule has 92 valence electrons. The molecular formula is C12H22N2O2. The first kappa shape index (κ1) is 13.0. The van der Waals surface area contributed by atoms with Gasteiger partial charge in [-0.25, -0.2) is 0 Å². The first-order valence-corrected chi connectivity index (χ1v) is 5.85. The third-order valence-electron chi connectivity index (χ3n) is 3.31. The number of hydrogen-bond donors (Lipinski definition) is 0. The van der Waals surface area contributed by atoms with Gasteiger partial charge in [0.2, 0.25) is 11.8 Å². The molecule has 0 aromatic heterocycles. The van der Waals surface area contributed by atoms with E-state index in [1.54, 1.807) is 38.0 Å². The van der Waals surface area contributed by atoms with Crippen molar-refractivity contribution in [2.24, 2.45) is 11.8 Å². The molecule has 4 heteroatoms. The van der Waals surface area contributed by atoms with Gasteiger partial charge >= 0.3 is 0 Å². The molecule has 0 radical (unpaired) electrons. The first-order chi connectivity index (χ1) is 7.43. The molecule has 0 aromatic rings. The molecule has 1 aliphatic carbocycles. The van der Waals surface area contributed by atoms with Crippen molar-refractivity contribution in [1.29, 1.82) is 0 Å². The lowest BCUT2D eigenvalue weighted by Crippen LogP contribution is -2.36. The van der Waals surface area contributed by atoms with Crippen LogP contribution in [0.1, 0.15) is 25.7 Å². The number of amides is 2. The Kier molecular flexibility index (Phi) is 4.33. The van der Waals surface area contributed by atoms with Crippen molar-refractivity contribution in [3.05, 3.63) is 0 Å². The lowest BCUT2D eigenvalue weighted by Gasteiger charge is -2.30. The fraction of sp³-hybridized carbons (Fsp3) is 0.833. The molecule has 0 N–H and O–H groups in total. The Hall–Kier alpha value is -1.06. The Morgan fingerprint density at radius 2 is 1.00 bits per heavy atom. The highest BCUT2D eigenvalue weighted by molar-refractivity contribution is 5.80. The van der Waals surface area contributed by atoms with Crippen molar-refractivity contribution >= 4 is 11.8 Å². The number of carbonyl (C=O) groups is 2. The monoisotopic (exact) mass is 226 g/mol. The van der Waals surface area contributed by atoms with E-state index in [9.17, 15) is 9.59 Å². The smallest absolute Gasteiger partial charge is 0.225 e. The molecule has 0 aliphatic heterocycles. The summed E-state index contributed by atoms with van der Waals surface area (Å²) in [6.45, 7) is 0. The van der Waals surface area contributed by atoms with Gasteiger partial charge < -0.3 is 9.80 Å². The van der Waals surface area contributed by atoms with Crippen LogP contribution >= 0.6 is 0 Å². The van der Waals surface area contributed by atoms with Crippen LogP contribution in [0.4, 0.5) is 0 Å². The SMILES string of the molecule is CN(C)C(=O)C1CCC(C(=O)N(C)C)CC1. The van der Waals surface area contributed by atoms with Gasteiger partial charge in [0.25, 0.3) is 0 Å². The van der Waals surface area contributed by atoms with Crippen molar-refractivity contribution in [2.45, 2.75) is 25.7 Å². The Labute approximate surface area is 97.6 Å². The average molecular weight is 226 g/mol. The molecule has 4 nitrogen and oxygen atoms in total. The van der Waals surface area contributed by atoms with Crippen LogP contribution in [0.15, 0.2) is 0 Å². The molecule has 0 atom stereocenters. The molecule has 1 aliphatic rings. The normalized spacial score (nSPS) is 25.0. The summed E-state index contributed by atoms with van der Waals surface area (Å²) in [4.78, 5) is 26.8. The standard InChI is InChI=1S/C12H22N2O2/c1-13(2)11(15)9-5-7-10(8-6-9)12(16)14(3)4/h9-10H,5-8H2,1-4H3. The summed E-state index contributed by atoms with van der Waals surface area (Å²) in [6.07, 6.45) is 3.39.